The molecule has 2 rings (SSSR count). The number of aryl methyl sites for hydroxylation is 1. The van der Waals surface area contributed by atoms with Gasteiger partial charge in [-0.3, -0.25) is 4.79 Å². The maximum Gasteiger partial charge on any atom is 0.471 e. The summed E-state index contributed by atoms with van der Waals surface area (Å²) in [4.78, 5) is 25.9. The van der Waals surface area contributed by atoms with Crippen LogP contribution in [-0.2, 0) is 11.2 Å². The number of carboxylic acid groups (broad SMARTS) is 1. The fraction of sp³-hybridized carbons (Fsp3) is 0.316. The van der Waals surface area contributed by atoms with Crippen LogP contribution in [0.5, 0.6) is 5.75 Å². The molecule has 0 saturated heterocycles. The van der Waals surface area contributed by atoms with E-state index in [2.05, 4.69) is 4.98 Å². The Morgan fingerprint density at radius 3 is 2.29 bits per heavy atom. The van der Waals surface area contributed by atoms with Gasteiger partial charge in [0, 0.05) is 0 Å². The summed E-state index contributed by atoms with van der Waals surface area (Å²) >= 11 is 0. The number of rotatable bonds is 7. The van der Waals surface area contributed by atoms with Crippen molar-refractivity contribution in [2.75, 3.05) is 0 Å². The molecule has 1 aromatic carbocycles. The summed E-state index contributed by atoms with van der Waals surface area (Å²) in [6, 6.07) is 8.58. The zero-order chi connectivity index (χ0) is 20.9. The van der Waals surface area contributed by atoms with Crippen LogP contribution >= 0.6 is 0 Å². The topological polar surface area (TPSA) is 88.5 Å². The number of aromatic nitrogens is 1. The number of hydrogen-bond acceptors (Lipinski definition) is 4. The fourth-order valence-electron chi connectivity index (χ4n) is 2.49. The highest BCUT2D eigenvalue weighted by atomic mass is 19.4. The second-order valence-electron chi connectivity index (χ2n) is 6.08. The van der Waals surface area contributed by atoms with Gasteiger partial charge in [-0.2, -0.15) is 13.2 Å². The number of carbonyl (C=O) groups is 2. The minimum Gasteiger partial charge on any atom is -0.482 e. The van der Waals surface area contributed by atoms with Crippen molar-refractivity contribution in [1.82, 2.24) is 10.3 Å². The Labute approximate surface area is 159 Å². The molecule has 9 heteroatoms. The molecule has 1 amide bonds. The number of halogens is 3. The van der Waals surface area contributed by atoms with Crippen molar-refractivity contribution >= 4 is 11.9 Å². The van der Waals surface area contributed by atoms with Crippen molar-refractivity contribution < 1.29 is 32.6 Å². The maximum atomic E-state index is 12.6. The lowest BCUT2D eigenvalue weighted by Crippen LogP contribution is -2.45. The lowest BCUT2D eigenvalue weighted by molar-refractivity contribution is -0.174. The standard InChI is InChI=1S/C19H19F3N2O4/c1-3-12-4-6-13(7-5-12)16(11(2)24-18(27)19(20,21)22)28-14-8-9-15(17(25)26)23-10-14/h4-11,16H,3H2,1-2H3,(H,24,27)(H,25,26)/t11?,16-/m0/s1. The lowest BCUT2D eigenvalue weighted by atomic mass is 10.0. The van der Waals surface area contributed by atoms with E-state index in [0.29, 0.717) is 5.56 Å². The quantitative estimate of drug-likeness (QED) is 0.748. The number of amides is 1. The highest BCUT2D eigenvalue weighted by Gasteiger charge is 2.40. The van der Waals surface area contributed by atoms with Crippen LogP contribution in [0.15, 0.2) is 42.6 Å². The van der Waals surface area contributed by atoms with Gasteiger partial charge in [0.05, 0.1) is 12.2 Å². The molecule has 2 N–H and O–H groups in total. The third-order valence-electron chi connectivity index (χ3n) is 4.01. The Kier molecular flexibility index (Phi) is 6.61. The Morgan fingerprint density at radius 2 is 1.82 bits per heavy atom. The number of carboxylic acids is 1. The van der Waals surface area contributed by atoms with Crippen molar-refractivity contribution in [3.63, 3.8) is 0 Å². The fourth-order valence-corrected chi connectivity index (χ4v) is 2.49. The predicted octanol–water partition coefficient (Wildman–Crippen LogP) is 3.53. The molecule has 28 heavy (non-hydrogen) atoms. The molecule has 0 fully saturated rings. The van der Waals surface area contributed by atoms with Crippen molar-refractivity contribution in [2.24, 2.45) is 0 Å². The molecule has 0 spiro atoms. The van der Waals surface area contributed by atoms with Crippen LogP contribution in [0.25, 0.3) is 0 Å². The smallest absolute Gasteiger partial charge is 0.471 e. The molecular formula is C19H19F3N2O4. The van der Waals surface area contributed by atoms with Crippen molar-refractivity contribution in [3.8, 4) is 5.75 Å². The zero-order valence-electron chi connectivity index (χ0n) is 15.2. The van der Waals surface area contributed by atoms with Crippen LogP contribution in [0.4, 0.5) is 13.2 Å². The summed E-state index contributed by atoms with van der Waals surface area (Å²) in [5.74, 6) is -3.13. The Morgan fingerprint density at radius 1 is 1.18 bits per heavy atom. The molecule has 6 nitrogen and oxygen atoms in total. The van der Waals surface area contributed by atoms with Gasteiger partial charge in [0.15, 0.2) is 0 Å². The number of nitrogens with one attached hydrogen (secondary N) is 1. The lowest BCUT2D eigenvalue weighted by Gasteiger charge is -2.27. The molecule has 0 aliphatic carbocycles. The summed E-state index contributed by atoms with van der Waals surface area (Å²) in [6.45, 7) is 3.35. The summed E-state index contributed by atoms with van der Waals surface area (Å²) in [5, 5.41) is 10.8. The first-order valence-electron chi connectivity index (χ1n) is 8.44. The number of alkyl halides is 3. The minimum atomic E-state index is -5.02. The van der Waals surface area contributed by atoms with E-state index in [1.54, 1.807) is 12.1 Å². The van der Waals surface area contributed by atoms with Crippen LogP contribution in [0.2, 0.25) is 0 Å². The zero-order valence-corrected chi connectivity index (χ0v) is 15.2. The van der Waals surface area contributed by atoms with E-state index in [1.165, 1.54) is 19.1 Å². The molecule has 2 atom stereocenters. The average Bonchev–Trinajstić information content (AvgIpc) is 2.65. The van der Waals surface area contributed by atoms with Gasteiger partial charge in [0.2, 0.25) is 0 Å². The largest absolute Gasteiger partial charge is 0.482 e. The first-order valence-corrected chi connectivity index (χ1v) is 8.44. The number of pyridine rings is 1. The van der Waals surface area contributed by atoms with Gasteiger partial charge in [0.25, 0.3) is 0 Å². The third kappa shape index (κ3) is 5.45. The number of aromatic carboxylic acids is 1. The molecule has 2 aromatic rings. The van der Waals surface area contributed by atoms with Gasteiger partial charge >= 0.3 is 18.1 Å². The molecule has 1 heterocycles. The first-order chi connectivity index (χ1) is 13.1. The normalized spacial score (nSPS) is 13.5. The van der Waals surface area contributed by atoms with Gasteiger partial charge in [-0.15, -0.1) is 0 Å². The van der Waals surface area contributed by atoms with E-state index in [4.69, 9.17) is 9.84 Å². The highest BCUT2D eigenvalue weighted by molar-refractivity contribution is 5.85. The number of ether oxygens (including phenoxy) is 1. The van der Waals surface area contributed by atoms with Crippen LogP contribution in [0, 0.1) is 0 Å². The third-order valence-corrected chi connectivity index (χ3v) is 4.01. The highest BCUT2D eigenvalue weighted by Crippen LogP contribution is 2.26. The van der Waals surface area contributed by atoms with Crippen LogP contribution in [0.3, 0.4) is 0 Å². The van der Waals surface area contributed by atoms with Gasteiger partial charge < -0.3 is 15.2 Å². The van der Waals surface area contributed by atoms with Gasteiger partial charge in [0.1, 0.15) is 17.5 Å². The van der Waals surface area contributed by atoms with Crippen LogP contribution < -0.4 is 10.1 Å². The van der Waals surface area contributed by atoms with Crippen LogP contribution in [-0.4, -0.2) is 34.2 Å². The van der Waals surface area contributed by atoms with Gasteiger partial charge in [-0.05, 0) is 36.6 Å². The monoisotopic (exact) mass is 396 g/mol. The average molecular weight is 396 g/mol. The summed E-state index contributed by atoms with van der Waals surface area (Å²) in [6.07, 6.45) is -4.02. The molecule has 1 unspecified atom stereocenters. The second kappa shape index (κ2) is 8.73. The molecule has 1 aromatic heterocycles. The Bertz CT molecular complexity index is 821. The first kappa shape index (κ1) is 21.2. The summed E-state index contributed by atoms with van der Waals surface area (Å²) in [7, 11) is 0. The molecule has 150 valence electrons. The summed E-state index contributed by atoms with van der Waals surface area (Å²) in [5.41, 5.74) is 1.38. The molecule has 0 aliphatic heterocycles. The molecule has 0 bridgehead atoms. The summed E-state index contributed by atoms with van der Waals surface area (Å²) < 4.78 is 43.6. The molecule has 0 saturated carbocycles. The number of benzene rings is 1. The van der Waals surface area contributed by atoms with Gasteiger partial charge in [-0.25, -0.2) is 9.78 Å². The SMILES string of the molecule is CCc1ccc([C@@H](Oc2ccc(C(=O)O)nc2)C(C)NC(=O)C(F)(F)F)cc1. The molecule has 0 radical (unpaired) electrons. The van der Waals surface area contributed by atoms with E-state index < -0.39 is 30.2 Å². The predicted molar refractivity (Wildman–Crippen MR) is 94.0 cm³/mol. The van der Waals surface area contributed by atoms with Crippen molar-refractivity contribution in [2.45, 2.75) is 38.6 Å². The molecule has 0 aliphatic rings. The van der Waals surface area contributed by atoms with E-state index in [-0.39, 0.29) is 11.4 Å². The van der Waals surface area contributed by atoms with Gasteiger partial charge in [-0.1, -0.05) is 31.2 Å². The number of carbonyl (C=O) groups excluding carboxylic acids is 1. The van der Waals surface area contributed by atoms with E-state index in [1.807, 2.05) is 24.4 Å². The Balaban J connectivity index is 2.29. The van der Waals surface area contributed by atoms with E-state index in [9.17, 15) is 22.8 Å². The van der Waals surface area contributed by atoms with Crippen molar-refractivity contribution in [3.05, 3.63) is 59.4 Å². The number of nitrogens with zero attached hydrogens (tertiary/aromatic N) is 1. The molecular weight excluding hydrogens is 377 g/mol. The Hall–Kier alpha value is -3.10. The minimum absolute atomic E-state index is 0.155. The van der Waals surface area contributed by atoms with Crippen LogP contribution in [0.1, 0.15) is 41.6 Å². The second-order valence-corrected chi connectivity index (χ2v) is 6.08. The van der Waals surface area contributed by atoms with E-state index in [0.717, 1.165) is 18.2 Å². The maximum absolute atomic E-state index is 12.6. The number of hydrogen-bond donors (Lipinski definition) is 2. The van der Waals surface area contributed by atoms with Crippen molar-refractivity contribution in [1.29, 1.82) is 0 Å². The van der Waals surface area contributed by atoms with E-state index >= 15 is 0 Å².